The van der Waals surface area contributed by atoms with Gasteiger partial charge in [-0.05, 0) is 270 Å². The Bertz CT molecular complexity index is 4860. The van der Waals surface area contributed by atoms with E-state index in [4.69, 9.17) is 9.47 Å². The number of halogens is 5. The predicted octanol–water partition coefficient (Wildman–Crippen LogP) is 28.6. The quantitative estimate of drug-likeness (QED) is 0.108. The zero-order chi connectivity index (χ0) is 90.5. The number of amides is 1. The van der Waals surface area contributed by atoms with Crippen LogP contribution in [0.1, 0.15) is 329 Å². The highest BCUT2D eigenvalue weighted by molar-refractivity contribution is 8.00. The number of carbonyl (C=O) groups excluding carboxylic acids is 1. The molecule has 16 rings (SSSR count). The van der Waals surface area contributed by atoms with Crippen molar-refractivity contribution in [1.29, 1.82) is 0 Å². The number of ether oxygens (including phenoxy) is 6. The smallest absolute Gasteiger partial charge is 0.508 e. The minimum absolute atomic E-state index is 0. The van der Waals surface area contributed by atoms with Crippen molar-refractivity contribution in [1.82, 2.24) is 0 Å². The van der Waals surface area contributed by atoms with E-state index in [0.29, 0.717) is 23.8 Å². The Kier molecular flexibility index (Phi) is 31.6. The van der Waals surface area contributed by atoms with Gasteiger partial charge in [0.25, 0.3) is 0 Å². The van der Waals surface area contributed by atoms with Crippen molar-refractivity contribution in [2.24, 2.45) is 0 Å². The number of anilines is 2. The number of rotatable bonds is 0. The van der Waals surface area contributed by atoms with Crippen LogP contribution in [0.3, 0.4) is 0 Å². The maximum atomic E-state index is 13.6. The number of alkyl halides is 5. The second kappa shape index (κ2) is 38.8. The van der Waals surface area contributed by atoms with E-state index in [1.165, 1.54) is 118 Å². The maximum absolute atomic E-state index is 13.6. The summed E-state index contributed by atoms with van der Waals surface area (Å²) in [7, 11) is 0. The van der Waals surface area contributed by atoms with E-state index in [2.05, 4.69) is 265 Å². The topological polar surface area (TPSA) is 137 Å². The molecule has 5 aliphatic heterocycles. The van der Waals surface area contributed by atoms with E-state index in [1.54, 1.807) is 41.1 Å². The molecule has 11 nitrogen and oxygen atoms in total. The third-order valence-corrected chi connectivity index (χ3v) is 24.5. The number of hydrogen-bond acceptors (Lipinski definition) is 11. The fourth-order valence-corrected chi connectivity index (χ4v) is 16.0. The van der Waals surface area contributed by atoms with Crippen molar-refractivity contribution in [3.05, 3.63) is 223 Å². The molecule has 3 aliphatic carbocycles. The van der Waals surface area contributed by atoms with Gasteiger partial charge in [0, 0.05) is 18.4 Å². The molecule has 0 fully saturated rings. The Hall–Kier alpha value is -8.41. The van der Waals surface area contributed by atoms with Crippen LogP contribution < -0.4 is 39.1 Å². The average molecular weight is 1720 g/mol. The van der Waals surface area contributed by atoms with Crippen molar-refractivity contribution in [3.8, 4) is 40.2 Å². The van der Waals surface area contributed by atoms with Crippen molar-refractivity contribution in [2.45, 2.75) is 349 Å². The molecule has 4 N–H and O–H groups in total. The average Bonchev–Trinajstić information content (AvgIpc) is 1.26. The van der Waals surface area contributed by atoms with Gasteiger partial charge in [-0.25, -0.2) is 0 Å². The molecule has 674 valence electrons. The number of hydrogen-bond donors (Lipinski definition) is 4. The molecule has 8 aromatic carbocycles. The van der Waals surface area contributed by atoms with Crippen LogP contribution in [0.25, 0.3) is 0 Å². The summed E-state index contributed by atoms with van der Waals surface area (Å²) >= 11 is 1.60. The number of nitrogens with one attached hydrogen (secondary N) is 2. The molecule has 0 bridgehead atoms. The summed E-state index contributed by atoms with van der Waals surface area (Å²) < 4.78 is 94.8. The number of aryl methyl sites for hydroxylation is 5. The molecule has 8 aromatic rings. The zero-order valence-electron chi connectivity index (χ0n) is 78.2. The van der Waals surface area contributed by atoms with Crippen LogP contribution in [0.4, 0.5) is 33.3 Å². The van der Waals surface area contributed by atoms with Gasteiger partial charge >= 0.3 is 18.3 Å². The fourth-order valence-electron chi connectivity index (χ4n) is 15.2. The van der Waals surface area contributed by atoms with Crippen molar-refractivity contribution in [3.63, 3.8) is 0 Å². The highest BCUT2D eigenvalue weighted by atomic mass is 32.2. The van der Waals surface area contributed by atoms with E-state index in [-0.39, 0.29) is 85.8 Å². The van der Waals surface area contributed by atoms with E-state index < -0.39 is 18.3 Å². The Labute approximate surface area is 738 Å². The Morgan fingerprint density at radius 3 is 1.35 bits per heavy atom. The summed E-state index contributed by atoms with van der Waals surface area (Å²) in [5, 5.41) is 26.2. The van der Waals surface area contributed by atoms with Gasteiger partial charge in [-0.1, -0.05) is 266 Å². The summed E-state index contributed by atoms with van der Waals surface area (Å²) in [5.41, 5.74) is 22.5. The number of phenols is 1. The second-order valence-corrected chi connectivity index (χ2v) is 43.7. The minimum atomic E-state index is -4.00. The first-order chi connectivity index (χ1) is 56.2. The highest BCUT2D eigenvalue weighted by Crippen LogP contribution is 2.49. The fraction of sp³-hybridized carbons (Fsp3) is 0.538. The molecule has 1 amide bonds. The number of thioether (sulfide) groups is 1. The van der Waals surface area contributed by atoms with Gasteiger partial charge in [-0.2, -0.15) is 13.2 Å². The van der Waals surface area contributed by atoms with Crippen LogP contribution in [0.5, 0.6) is 40.2 Å². The molecule has 5 heterocycles. The standard InChI is InChI=1S/C15H22O.2C14H20O.C14H20.C13H15F3O2.C12H15NOS.C12H17NO.C11H12F2O2.CH4/c1-14(2,3)11-6-7-12-13(10-11)16-9-8-15(12,4)5;1-14(2,3)11-8-7-10-5-4-6-13(15)12(10)9-11;1-14(2,3)12-8-10-6-4-5-7-11(10)9-13(12)15;1-14(2,3)13-9-8-11-6-4-5-7-12(11)10-13;1-11(2,3)8-5-6-9-10(7-8)18-13(15,16)12(4,14)17-9;1-12(2,3)8-4-5-10-9(6-8)13-11(14)7-15-10;1-12(2,3)9-4-5-11-10(8-9)13-6-7-14-11;1-10(2,3)7-4-5-8-9(6-7)15-11(12,13)14-8;/h6-7,10H,8-9H2,1-5H3;7-9,13,15H,4-6H2,1-3H3;8-9,15H,4-7H2,1-3H3;8-10H,4-7H2,1-3H3;5-7H,1-4H3;4-6H,7H2,1-3H3,(H,13,14);4-5,8,13H,6-7H2,1-3H3;4-6H,1-3H3;1H4. The van der Waals surface area contributed by atoms with Gasteiger partial charge in [0.2, 0.25) is 5.91 Å². The molecular weight excluding hydrogens is 1570 g/mol. The molecule has 2 atom stereocenters. The van der Waals surface area contributed by atoms with Gasteiger partial charge in [0.15, 0.2) is 23.0 Å². The second-order valence-electron chi connectivity index (χ2n) is 42.7. The zero-order valence-corrected chi connectivity index (χ0v) is 79.0. The molecule has 0 saturated carbocycles. The summed E-state index contributed by atoms with van der Waals surface area (Å²) in [4.78, 5) is 12.4. The first kappa shape index (κ1) is 100. The molecule has 0 saturated heterocycles. The number of aliphatic hydroxyl groups is 1. The minimum Gasteiger partial charge on any atom is -0.508 e. The summed E-state index contributed by atoms with van der Waals surface area (Å²) in [6, 6.07) is 46.8. The Balaban J connectivity index is 0.000000174. The number of aromatic hydroxyl groups is 1. The third kappa shape index (κ3) is 27.1. The number of carbonyl (C=O) groups is 1. The van der Waals surface area contributed by atoms with Gasteiger partial charge in [-0.3, -0.25) is 4.79 Å². The molecule has 123 heavy (non-hydrogen) atoms. The molecular formula is C106H145F5N2O9S. The van der Waals surface area contributed by atoms with Gasteiger partial charge in [-0.15, -0.1) is 20.5 Å². The highest BCUT2D eigenvalue weighted by Gasteiger charge is 2.60. The van der Waals surface area contributed by atoms with Crippen molar-refractivity contribution in [2.75, 3.05) is 36.1 Å². The lowest BCUT2D eigenvalue weighted by atomic mass is 9.77. The van der Waals surface area contributed by atoms with Crippen LogP contribution >= 0.6 is 11.8 Å². The van der Waals surface area contributed by atoms with Gasteiger partial charge < -0.3 is 49.3 Å². The largest absolute Gasteiger partial charge is 0.586 e. The number of aliphatic hydroxyl groups excluding tert-OH is 1. The van der Waals surface area contributed by atoms with Gasteiger partial charge in [0.05, 0.1) is 29.8 Å². The molecule has 2 unspecified atom stereocenters. The maximum Gasteiger partial charge on any atom is 0.586 e. The first-order valence-electron chi connectivity index (χ1n) is 43.8. The summed E-state index contributed by atoms with van der Waals surface area (Å²) in [6.07, 6.45) is 6.69. The van der Waals surface area contributed by atoms with Crippen molar-refractivity contribution >= 4 is 29.0 Å². The lowest BCUT2D eigenvalue weighted by Gasteiger charge is -2.36. The first-order valence-corrected chi connectivity index (χ1v) is 44.8. The molecule has 0 aromatic heterocycles. The third-order valence-electron chi connectivity index (χ3n) is 23.5. The Morgan fingerprint density at radius 1 is 0.407 bits per heavy atom. The van der Waals surface area contributed by atoms with Gasteiger partial charge in [0.1, 0.15) is 23.9 Å². The van der Waals surface area contributed by atoms with Crippen LogP contribution in [-0.2, 0) is 85.6 Å². The molecule has 0 radical (unpaired) electrons. The summed E-state index contributed by atoms with van der Waals surface area (Å²) in [5.74, 6) is 0.0435. The number of phenolic OH excluding ortho intramolecular Hbond substituents is 1. The van der Waals surface area contributed by atoms with Crippen LogP contribution in [-0.4, -0.2) is 59.9 Å². The van der Waals surface area contributed by atoms with Crippen LogP contribution in [0, 0.1) is 0 Å². The van der Waals surface area contributed by atoms with Crippen LogP contribution in [0.2, 0.25) is 0 Å². The van der Waals surface area contributed by atoms with Crippen molar-refractivity contribution < 1.29 is 65.4 Å². The van der Waals surface area contributed by atoms with Crippen LogP contribution in [0.15, 0.2) is 144 Å². The molecule has 17 heteroatoms. The van der Waals surface area contributed by atoms with E-state index in [9.17, 15) is 37.0 Å². The monoisotopic (exact) mass is 1720 g/mol. The van der Waals surface area contributed by atoms with E-state index in [1.807, 2.05) is 47.6 Å². The Morgan fingerprint density at radius 2 is 0.813 bits per heavy atom. The SMILES string of the molecule is C.CC(C)(C)c1cc2c(cc1O)CCCC2.CC(C)(C)c1ccc2c(c1)C(O)CCC2.CC(C)(C)c1ccc2c(c1)CCCC2.CC(C)(C)c1ccc2c(c1)NC(=O)CS2.CC(C)(C)c1ccc2c(c1)NCCO2.CC(C)(C)c1ccc2c(c1)OC(F)(F)C(C)(F)O2.CC(C)(C)c1ccc2c(c1)OC(F)(F)O2.CC(C)(C)c1ccc2c(c1)OCCC2(C)C. The molecule has 8 aliphatic rings. The number of fused-ring (bicyclic) bond motifs is 8. The number of benzene rings is 8. The van der Waals surface area contributed by atoms with E-state index >= 15 is 0 Å². The lowest BCUT2D eigenvalue weighted by Crippen LogP contribution is -2.53. The van der Waals surface area contributed by atoms with E-state index in [0.717, 1.165) is 97.0 Å². The normalized spacial score (nSPS) is 18.5. The lowest BCUT2D eigenvalue weighted by molar-refractivity contribution is -0.332. The molecule has 0 spiro atoms. The predicted molar refractivity (Wildman–Crippen MR) is 499 cm³/mol. The summed E-state index contributed by atoms with van der Waals surface area (Å²) in [6.45, 7) is 59.4.